The van der Waals surface area contributed by atoms with Crippen molar-refractivity contribution >= 4 is 11.7 Å². The predicted octanol–water partition coefficient (Wildman–Crippen LogP) is 1.78. The summed E-state index contributed by atoms with van der Waals surface area (Å²) in [6.45, 7) is 3.91. The average molecular weight is 248 g/mol. The van der Waals surface area contributed by atoms with Gasteiger partial charge in [-0.05, 0) is 37.3 Å². The van der Waals surface area contributed by atoms with E-state index < -0.39 is 0 Å². The first-order chi connectivity index (χ1) is 8.70. The minimum Gasteiger partial charge on any atom is -0.372 e. The number of likely N-dealkylation sites (tertiary alicyclic amines) is 1. The fourth-order valence-corrected chi connectivity index (χ4v) is 2.21. The number of carbonyl (C=O) groups is 1. The number of nitrogens with one attached hydrogen (secondary N) is 1. The number of amides is 1. The van der Waals surface area contributed by atoms with Crippen molar-refractivity contribution in [3.63, 3.8) is 0 Å². The lowest BCUT2D eigenvalue weighted by atomic mass is 10.0. The van der Waals surface area contributed by atoms with E-state index in [2.05, 4.69) is 22.4 Å². The van der Waals surface area contributed by atoms with Gasteiger partial charge >= 0.3 is 0 Å². The smallest absolute Gasteiger partial charge is 0.274 e. The van der Waals surface area contributed by atoms with Crippen LogP contribution in [0.3, 0.4) is 0 Å². The number of hydrogen-bond donors (Lipinski definition) is 1. The first-order valence-electron chi connectivity index (χ1n) is 6.51. The molecule has 2 rings (SSSR count). The summed E-state index contributed by atoms with van der Waals surface area (Å²) in [6, 6.07) is 3.51. The van der Waals surface area contributed by atoms with Crippen LogP contribution in [0.15, 0.2) is 12.1 Å². The van der Waals surface area contributed by atoms with Gasteiger partial charge in [-0.3, -0.25) is 4.79 Å². The maximum atomic E-state index is 12.3. The van der Waals surface area contributed by atoms with Crippen LogP contribution in [0.5, 0.6) is 0 Å². The van der Waals surface area contributed by atoms with E-state index in [0.29, 0.717) is 17.4 Å². The molecule has 5 nitrogen and oxygen atoms in total. The molecule has 5 heteroatoms. The lowest BCUT2D eigenvalue weighted by molar-refractivity contribution is 0.0753. The van der Waals surface area contributed by atoms with Gasteiger partial charge in [0, 0.05) is 20.1 Å². The Morgan fingerprint density at radius 3 is 2.83 bits per heavy atom. The Morgan fingerprint density at radius 1 is 1.33 bits per heavy atom. The van der Waals surface area contributed by atoms with E-state index in [4.69, 9.17) is 0 Å². The summed E-state index contributed by atoms with van der Waals surface area (Å²) in [5, 5.41) is 10.8. The molecule has 0 radical (unpaired) electrons. The molecule has 1 N–H and O–H groups in total. The third-order valence-electron chi connectivity index (χ3n) is 3.44. The summed E-state index contributed by atoms with van der Waals surface area (Å²) >= 11 is 0. The van der Waals surface area contributed by atoms with E-state index >= 15 is 0 Å². The molecule has 1 aliphatic rings. The summed E-state index contributed by atoms with van der Waals surface area (Å²) < 4.78 is 0. The van der Waals surface area contributed by atoms with Gasteiger partial charge < -0.3 is 10.2 Å². The van der Waals surface area contributed by atoms with Crippen molar-refractivity contribution in [2.45, 2.75) is 26.2 Å². The van der Waals surface area contributed by atoms with E-state index in [1.54, 1.807) is 19.2 Å². The number of nitrogens with zero attached hydrogens (tertiary/aromatic N) is 3. The van der Waals surface area contributed by atoms with Gasteiger partial charge in [-0.2, -0.15) is 0 Å². The summed E-state index contributed by atoms with van der Waals surface area (Å²) in [5.74, 6) is 1.39. The topological polar surface area (TPSA) is 58.1 Å². The number of carbonyl (C=O) groups excluding carboxylic acids is 1. The molecule has 1 aliphatic heterocycles. The third kappa shape index (κ3) is 2.97. The molecule has 1 atom stereocenters. The van der Waals surface area contributed by atoms with Crippen molar-refractivity contribution in [3.05, 3.63) is 17.8 Å². The largest absolute Gasteiger partial charge is 0.372 e. The van der Waals surface area contributed by atoms with Crippen LogP contribution in [0.25, 0.3) is 0 Å². The Balaban J connectivity index is 2.05. The molecular weight excluding hydrogens is 228 g/mol. The van der Waals surface area contributed by atoms with E-state index in [0.717, 1.165) is 25.9 Å². The van der Waals surface area contributed by atoms with Crippen molar-refractivity contribution in [2.75, 3.05) is 25.5 Å². The summed E-state index contributed by atoms with van der Waals surface area (Å²) in [6.07, 6.45) is 3.36. The second kappa shape index (κ2) is 5.80. The van der Waals surface area contributed by atoms with Crippen LogP contribution in [0.2, 0.25) is 0 Å². The Kier molecular flexibility index (Phi) is 4.12. The monoisotopic (exact) mass is 248 g/mol. The van der Waals surface area contributed by atoms with Gasteiger partial charge in [-0.25, -0.2) is 0 Å². The van der Waals surface area contributed by atoms with E-state index in [1.165, 1.54) is 6.42 Å². The fraction of sp³-hybridized carbons (Fsp3) is 0.615. The minimum atomic E-state index is -0.000692. The number of hydrogen-bond acceptors (Lipinski definition) is 4. The Morgan fingerprint density at radius 2 is 2.17 bits per heavy atom. The van der Waals surface area contributed by atoms with Crippen molar-refractivity contribution in [3.8, 4) is 0 Å². The van der Waals surface area contributed by atoms with Crippen LogP contribution in [-0.4, -0.2) is 41.1 Å². The lowest BCUT2D eigenvalue weighted by Crippen LogP contribution is -2.32. The minimum absolute atomic E-state index is 0.000692. The molecule has 0 bridgehead atoms. The van der Waals surface area contributed by atoms with E-state index in [9.17, 15) is 4.79 Å². The predicted molar refractivity (Wildman–Crippen MR) is 70.5 cm³/mol. The van der Waals surface area contributed by atoms with Crippen LogP contribution in [0.4, 0.5) is 5.82 Å². The van der Waals surface area contributed by atoms with E-state index in [1.807, 2.05) is 4.90 Å². The van der Waals surface area contributed by atoms with Gasteiger partial charge in [-0.15, -0.1) is 10.2 Å². The van der Waals surface area contributed by atoms with Gasteiger partial charge in [0.1, 0.15) is 5.82 Å². The first kappa shape index (κ1) is 12.8. The average Bonchev–Trinajstić information content (AvgIpc) is 2.63. The number of anilines is 1. The van der Waals surface area contributed by atoms with Crippen LogP contribution < -0.4 is 5.32 Å². The standard InChI is InChI=1S/C13H20N4O/c1-10-4-3-8-17(9-7-10)13(18)11-5-6-12(14-2)16-15-11/h5-6,10H,3-4,7-9H2,1-2H3,(H,14,16). The highest BCUT2D eigenvalue weighted by atomic mass is 16.2. The van der Waals surface area contributed by atoms with Gasteiger partial charge in [0.15, 0.2) is 5.69 Å². The van der Waals surface area contributed by atoms with Gasteiger partial charge in [-0.1, -0.05) is 6.92 Å². The second-order valence-corrected chi connectivity index (χ2v) is 4.88. The highest BCUT2D eigenvalue weighted by molar-refractivity contribution is 5.92. The zero-order chi connectivity index (χ0) is 13.0. The molecule has 98 valence electrons. The molecule has 0 aromatic carbocycles. The molecule has 1 aromatic heterocycles. The molecule has 1 fully saturated rings. The Bertz CT molecular complexity index is 404. The third-order valence-corrected chi connectivity index (χ3v) is 3.44. The van der Waals surface area contributed by atoms with Gasteiger partial charge in [0.05, 0.1) is 0 Å². The SMILES string of the molecule is CNc1ccc(C(=O)N2CCCC(C)CC2)nn1. The molecule has 1 unspecified atom stereocenters. The van der Waals surface area contributed by atoms with Gasteiger partial charge in [0.2, 0.25) is 0 Å². The molecule has 2 heterocycles. The van der Waals surface area contributed by atoms with E-state index in [-0.39, 0.29) is 5.91 Å². The highest BCUT2D eigenvalue weighted by Crippen LogP contribution is 2.17. The fourth-order valence-electron chi connectivity index (χ4n) is 2.21. The Hall–Kier alpha value is -1.65. The summed E-state index contributed by atoms with van der Waals surface area (Å²) in [4.78, 5) is 14.2. The van der Waals surface area contributed by atoms with Crippen molar-refractivity contribution in [1.29, 1.82) is 0 Å². The first-order valence-corrected chi connectivity index (χ1v) is 6.51. The zero-order valence-corrected chi connectivity index (χ0v) is 11.0. The quantitative estimate of drug-likeness (QED) is 0.866. The van der Waals surface area contributed by atoms with Crippen molar-refractivity contribution in [1.82, 2.24) is 15.1 Å². The Labute approximate surface area is 108 Å². The van der Waals surface area contributed by atoms with Crippen LogP contribution in [0.1, 0.15) is 36.7 Å². The lowest BCUT2D eigenvalue weighted by Gasteiger charge is -2.19. The van der Waals surface area contributed by atoms with Crippen LogP contribution >= 0.6 is 0 Å². The summed E-state index contributed by atoms with van der Waals surface area (Å²) in [7, 11) is 1.78. The summed E-state index contributed by atoms with van der Waals surface area (Å²) in [5.41, 5.74) is 0.434. The van der Waals surface area contributed by atoms with Crippen molar-refractivity contribution < 1.29 is 4.79 Å². The van der Waals surface area contributed by atoms with Crippen LogP contribution in [0, 0.1) is 5.92 Å². The molecule has 1 aromatic rings. The molecule has 0 saturated carbocycles. The van der Waals surface area contributed by atoms with Crippen LogP contribution in [-0.2, 0) is 0 Å². The highest BCUT2D eigenvalue weighted by Gasteiger charge is 2.20. The second-order valence-electron chi connectivity index (χ2n) is 4.88. The maximum absolute atomic E-state index is 12.3. The van der Waals surface area contributed by atoms with Gasteiger partial charge in [0.25, 0.3) is 5.91 Å². The van der Waals surface area contributed by atoms with Crippen molar-refractivity contribution in [2.24, 2.45) is 5.92 Å². The normalized spacial score (nSPS) is 20.3. The number of rotatable bonds is 2. The maximum Gasteiger partial charge on any atom is 0.274 e. The molecular formula is C13H20N4O. The number of aromatic nitrogens is 2. The molecule has 0 aliphatic carbocycles. The molecule has 0 spiro atoms. The molecule has 18 heavy (non-hydrogen) atoms. The molecule has 1 saturated heterocycles. The molecule has 1 amide bonds. The zero-order valence-electron chi connectivity index (χ0n) is 11.0.